The van der Waals surface area contributed by atoms with Crippen molar-refractivity contribution in [2.24, 2.45) is 4.99 Å². The molecular weight excluding hydrogens is 435 g/mol. The molecule has 1 aromatic rings. The molecule has 8 heteroatoms. The number of hydrogen-bond donors (Lipinski definition) is 1. The number of aromatic nitrogens is 2. The normalized spacial score (nSPS) is 15.2. The number of hydrogen-bond acceptors (Lipinski definition) is 5. The second-order valence-corrected chi connectivity index (χ2v) is 6.44. The fourth-order valence-corrected chi connectivity index (χ4v) is 3.03. The number of unbranched alkanes of at least 4 members (excludes halogenated alkanes) is 1. The van der Waals surface area contributed by atoms with Gasteiger partial charge in [-0.15, -0.1) is 24.0 Å². The van der Waals surface area contributed by atoms with Crippen molar-refractivity contribution in [2.45, 2.75) is 19.8 Å². The van der Waals surface area contributed by atoms with Crippen molar-refractivity contribution in [1.82, 2.24) is 20.2 Å². The van der Waals surface area contributed by atoms with Crippen LogP contribution >= 0.6 is 35.7 Å². The largest absolute Gasteiger partial charge is 0.357 e. The van der Waals surface area contributed by atoms with Crippen LogP contribution in [-0.2, 0) is 0 Å². The van der Waals surface area contributed by atoms with Gasteiger partial charge in [-0.1, -0.05) is 0 Å². The summed E-state index contributed by atoms with van der Waals surface area (Å²) < 4.78 is 0. The van der Waals surface area contributed by atoms with Crippen LogP contribution in [0.15, 0.2) is 23.5 Å². The van der Waals surface area contributed by atoms with Crippen LogP contribution in [0.4, 0.5) is 5.95 Å². The minimum absolute atomic E-state index is 0. The van der Waals surface area contributed by atoms with E-state index in [1.165, 1.54) is 12.2 Å². The Morgan fingerprint density at radius 2 is 1.92 bits per heavy atom. The first-order valence-corrected chi connectivity index (χ1v) is 9.78. The molecule has 1 fully saturated rings. The van der Waals surface area contributed by atoms with Crippen molar-refractivity contribution in [2.75, 3.05) is 56.2 Å². The van der Waals surface area contributed by atoms with E-state index in [0.717, 1.165) is 57.6 Å². The van der Waals surface area contributed by atoms with E-state index in [9.17, 15) is 0 Å². The van der Waals surface area contributed by atoms with Gasteiger partial charge in [0.15, 0.2) is 5.96 Å². The Morgan fingerprint density at radius 1 is 1.21 bits per heavy atom. The van der Waals surface area contributed by atoms with Gasteiger partial charge in [0.25, 0.3) is 0 Å². The van der Waals surface area contributed by atoms with Gasteiger partial charge in [0.1, 0.15) is 0 Å². The van der Waals surface area contributed by atoms with E-state index in [1.54, 1.807) is 12.4 Å². The highest BCUT2D eigenvalue weighted by Gasteiger charge is 2.20. The smallest absolute Gasteiger partial charge is 0.225 e. The van der Waals surface area contributed by atoms with E-state index < -0.39 is 0 Å². The highest BCUT2D eigenvalue weighted by molar-refractivity contribution is 14.0. The number of nitrogens with one attached hydrogen (secondary N) is 1. The number of guanidine groups is 1. The Balaban J connectivity index is 0.00000288. The van der Waals surface area contributed by atoms with E-state index in [-0.39, 0.29) is 24.0 Å². The molecule has 6 nitrogen and oxygen atoms in total. The van der Waals surface area contributed by atoms with Crippen LogP contribution in [0.1, 0.15) is 19.8 Å². The van der Waals surface area contributed by atoms with Crippen LogP contribution in [0.2, 0.25) is 0 Å². The second-order valence-electron chi connectivity index (χ2n) is 5.46. The molecule has 1 aliphatic heterocycles. The molecule has 1 N–H and O–H groups in total. The molecule has 0 aliphatic carbocycles. The molecule has 1 aliphatic rings. The Kier molecular flexibility index (Phi) is 11.1. The first-order valence-electron chi connectivity index (χ1n) is 8.39. The number of anilines is 1. The summed E-state index contributed by atoms with van der Waals surface area (Å²) in [5, 5.41) is 3.42. The summed E-state index contributed by atoms with van der Waals surface area (Å²) >= 11 is 1.91. The standard InChI is InChI=1S/C16H28N6S.HI/c1-3-17-15(18-7-4-5-14-23-2)21-10-12-22(13-11-21)16-19-8-6-9-20-16;/h6,8-9H,3-5,7,10-14H2,1-2H3,(H,17,18);1H. The van der Waals surface area contributed by atoms with Crippen molar-refractivity contribution in [3.8, 4) is 0 Å². The van der Waals surface area contributed by atoms with E-state index in [2.05, 4.69) is 38.3 Å². The molecule has 1 saturated heterocycles. The summed E-state index contributed by atoms with van der Waals surface area (Å²) in [5.41, 5.74) is 0. The van der Waals surface area contributed by atoms with Crippen molar-refractivity contribution in [1.29, 1.82) is 0 Å². The highest BCUT2D eigenvalue weighted by Crippen LogP contribution is 2.10. The molecule has 0 saturated carbocycles. The molecule has 0 aromatic carbocycles. The Hall–Kier alpha value is -0.770. The SMILES string of the molecule is CCNC(=NCCCCSC)N1CCN(c2ncccn2)CC1.I. The molecule has 0 atom stereocenters. The molecule has 0 radical (unpaired) electrons. The molecule has 0 spiro atoms. The van der Waals surface area contributed by atoms with Gasteiger partial charge in [-0.3, -0.25) is 4.99 Å². The number of rotatable bonds is 7. The van der Waals surface area contributed by atoms with Gasteiger partial charge in [-0.25, -0.2) is 9.97 Å². The van der Waals surface area contributed by atoms with E-state index in [0.29, 0.717) is 0 Å². The molecule has 2 rings (SSSR count). The summed E-state index contributed by atoms with van der Waals surface area (Å²) in [6, 6.07) is 1.85. The average Bonchev–Trinajstić information content (AvgIpc) is 2.61. The van der Waals surface area contributed by atoms with Crippen LogP contribution in [0.5, 0.6) is 0 Å². The van der Waals surface area contributed by atoms with Crippen molar-refractivity contribution >= 4 is 47.6 Å². The summed E-state index contributed by atoms with van der Waals surface area (Å²) in [7, 11) is 0. The third-order valence-electron chi connectivity index (χ3n) is 3.77. The van der Waals surface area contributed by atoms with Crippen molar-refractivity contribution in [3.05, 3.63) is 18.5 Å². The predicted molar refractivity (Wildman–Crippen MR) is 115 cm³/mol. The molecule has 2 heterocycles. The second kappa shape index (κ2) is 12.6. The number of thioether (sulfide) groups is 1. The number of nitrogens with zero attached hydrogens (tertiary/aromatic N) is 5. The van der Waals surface area contributed by atoms with Crippen LogP contribution in [0.3, 0.4) is 0 Å². The lowest BCUT2D eigenvalue weighted by Crippen LogP contribution is -2.53. The molecule has 136 valence electrons. The van der Waals surface area contributed by atoms with Gasteiger partial charge in [-0.05, 0) is 37.8 Å². The fraction of sp³-hybridized carbons (Fsp3) is 0.688. The lowest BCUT2D eigenvalue weighted by molar-refractivity contribution is 0.370. The summed E-state index contributed by atoms with van der Waals surface area (Å²) in [4.78, 5) is 18.0. The molecule has 0 amide bonds. The van der Waals surface area contributed by atoms with Gasteiger partial charge in [0, 0.05) is 51.7 Å². The third-order valence-corrected chi connectivity index (χ3v) is 4.46. The zero-order valence-corrected chi connectivity index (χ0v) is 17.8. The van der Waals surface area contributed by atoms with E-state index in [1.807, 2.05) is 17.8 Å². The molecule has 0 bridgehead atoms. The maximum Gasteiger partial charge on any atom is 0.225 e. The van der Waals surface area contributed by atoms with Crippen LogP contribution in [0, 0.1) is 0 Å². The quantitative estimate of drug-likeness (QED) is 0.289. The maximum atomic E-state index is 4.78. The van der Waals surface area contributed by atoms with Gasteiger partial charge < -0.3 is 15.1 Å². The van der Waals surface area contributed by atoms with Crippen LogP contribution in [0.25, 0.3) is 0 Å². The van der Waals surface area contributed by atoms with Crippen molar-refractivity contribution < 1.29 is 0 Å². The molecular formula is C16H29IN6S. The summed E-state index contributed by atoms with van der Waals surface area (Å²) in [6.45, 7) is 7.71. The lowest BCUT2D eigenvalue weighted by atomic mass is 10.3. The van der Waals surface area contributed by atoms with Crippen molar-refractivity contribution in [3.63, 3.8) is 0 Å². The minimum atomic E-state index is 0. The van der Waals surface area contributed by atoms with Gasteiger partial charge in [0.05, 0.1) is 0 Å². The van der Waals surface area contributed by atoms with E-state index >= 15 is 0 Å². The summed E-state index contributed by atoms with van der Waals surface area (Å²) in [6.07, 6.45) is 8.16. The average molecular weight is 464 g/mol. The molecule has 1 aromatic heterocycles. The first-order chi connectivity index (χ1) is 11.3. The van der Waals surface area contributed by atoms with Crippen LogP contribution < -0.4 is 10.2 Å². The third kappa shape index (κ3) is 7.00. The van der Waals surface area contributed by atoms with Gasteiger partial charge in [-0.2, -0.15) is 11.8 Å². The van der Waals surface area contributed by atoms with Gasteiger partial charge >= 0.3 is 0 Å². The predicted octanol–water partition coefficient (Wildman–Crippen LogP) is 2.33. The fourth-order valence-electron chi connectivity index (χ4n) is 2.54. The zero-order chi connectivity index (χ0) is 16.3. The minimum Gasteiger partial charge on any atom is -0.357 e. The zero-order valence-electron chi connectivity index (χ0n) is 14.6. The number of piperazine rings is 1. The summed E-state index contributed by atoms with van der Waals surface area (Å²) in [5.74, 6) is 3.10. The van der Waals surface area contributed by atoms with E-state index in [4.69, 9.17) is 4.99 Å². The number of aliphatic imine (C=N–C) groups is 1. The topological polar surface area (TPSA) is 56.7 Å². The first kappa shape index (κ1) is 21.3. The lowest BCUT2D eigenvalue weighted by Gasteiger charge is -2.36. The monoisotopic (exact) mass is 464 g/mol. The molecule has 24 heavy (non-hydrogen) atoms. The van der Waals surface area contributed by atoms with Gasteiger partial charge in [0.2, 0.25) is 5.95 Å². The maximum absolute atomic E-state index is 4.78. The Bertz CT molecular complexity index is 465. The highest BCUT2D eigenvalue weighted by atomic mass is 127. The Labute approximate surface area is 166 Å². The molecule has 0 unspecified atom stereocenters. The van der Waals surface area contributed by atoms with Crippen LogP contribution in [-0.4, -0.2) is 72.1 Å². The Morgan fingerprint density at radius 3 is 2.54 bits per heavy atom. The number of halogens is 1.